The number of nitrogens with one attached hydrogen (secondary N) is 1. The lowest BCUT2D eigenvalue weighted by atomic mass is 9.89. The molecule has 0 aliphatic rings. The molecule has 0 aliphatic carbocycles. The first-order chi connectivity index (χ1) is 9.89. The molecule has 6 nitrogen and oxygen atoms in total. The molecule has 118 valence electrons. The molecule has 0 aliphatic heterocycles. The van der Waals surface area contributed by atoms with E-state index < -0.39 is 4.92 Å². The van der Waals surface area contributed by atoms with E-state index in [4.69, 9.17) is 9.47 Å². The molecule has 6 heteroatoms. The molecule has 0 aromatic heterocycles. The lowest BCUT2D eigenvalue weighted by molar-refractivity contribution is -0.385. The summed E-state index contributed by atoms with van der Waals surface area (Å²) in [5, 5.41) is 14.3. The summed E-state index contributed by atoms with van der Waals surface area (Å²) in [7, 11) is 3.12. The summed E-state index contributed by atoms with van der Waals surface area (Å²) in [6.07, 6.45) is 0.958. The average molecular weight is 296 g/mol. The van der Waals surface area contributed by atoms with Gasteiger partial charge in [0.25, 0.3) is 0 Å². The Balaban J connectivity index is 2.60. The van der Waals surface area contributed by atoms with Crippen molar-refractivity contribution in [3.8, 4) is 5.75 Å². The van der Waals surface area contributed by atoms with Crippen LogP contribution in [0, 0.1) is 15.5 Å². The smallest absolute Gasteiger partial charge is 0.311 e. The second-order valence-corrected chi connectivity index (χ2v) is 5.77. The second-order valence-electron chi connectivity index (χ2n) is 5.77. The minimum Gasteiger partial charge on any atom is -0.490 e. The molecule has 0 spiro atoms. The zero-order valence-corrected chi connectivity index (χ0v) is 13.1. The third kappa shape index (κ3) is 5.69. The van der Waals surface area contributed by atoms with E-state index in [0.29, 0.717) is 6.54 Å². The van der Waals surface area contributed by atoms with Crippen LogP contribution in [0.25, 0.3) is 0 Å². The van der Waals surface area contributed by atoms with Crippen LogP contribution in [-0.4, -0.2) is 32.3 Å². The zero-order valence-electron chi connectivity index (χ0n) is 13.1. The van der Waals surface area contributed by atoms with Crippen molar-refractivity contribution in [1.82, 2.24) is 5.32 Å². The maximum absolute atomic E-state index is 11.0. The summed E-state index contributed by atoms with van der Waals surface area (Å²) >= 11 is 0. The van der Waals surface area contributed by atoms with Gasteiger partial charge in [-0.15, -0.1) is 0 Å². The van der Waals surface area contributed by atoms with Gasteiger partial charge in [-0.3, -0.25) is 10.1 Å². The van der Waals surface area contributed by atoms with Gasteiger partial charge in [0.1, 0.15) is 0 Å². The van der Waals surface area contributed by atoms with Gasteiger partial charge >= 0.3 is 5.69 Å². The normalized spacial score (nSPS) is 11.4. The highest BCUT2D eigenvalue weighted by Gasteiger charge is 2.18. The number of hydrogen-bond donors (Lipinski definition) is 1. The zero-order chi connectivity index (χ0) is 15.9. The monoisotopic (exact) mass is 296 g/mol. The van der Waals surface area contributed by atoms with Crippen molar-refractivity contribution < 1.29 is 14.4 Å². The molecular weight excluding hydrogens is 272 g/mol. The molecule has 1 aromatic rings. The highest BCUT2D eigenvalue weighted by molar-refractivity contribution is 5.48. The Morgan fingerprint density at radius 2 is 2.05 bits per heavy atom. The highest BCUT2D eigenvalue weighted by atomic mass is 16.6. The van der Waals surface area contributed by atoms with Crippen LogP contribution in [0.4, 0.5) is 5.69 Å². The van der Waals surface area contributed by atoms with Crippen molar-refractivity contribution in [2.24, 2.45) is 5.41 Å². The summed E-state index contributed by atoms with van der Waals surface area (Å²) in [6, 6.07) is 5.01. The second kappa shape index (κ2) is 7.95. The first-order valence-corrected chi connectivity index (χ1v) is 6.90. The van der Waals surface area contributed by atoms with E-state index in [-0.39, 0.29) is 16.9 Å². The summed E-state index contributed by atoms with van der Waals surface area (Å²) in [4.78, 5) is 10.5. The van der Waals surface area contributed by atoms with E-state index in [1.54, 1.807) is 19.2 Å². The molecule has 0 saturated carbocycles. The number of nitro groups is 1. The quantitative estimate of drug-likeness (QED) is 0.560. The number of nitro benzene ring substituents is 1. The summed E-state index contributed by atoms with van der Waals surface area (Å²) in [5.74, 6) is 0.282. The third-order valence-electron chi connectivity index (χ3n) is 3.36. The molecule has 0 atom stereocenters. The van der Waals surface area contributed by atoms with Gasteiger partial charge in [-0.2, -0.15) is 0 Å². The summed E-state index contributed by atoms with van der Waals surface area (Å²) < 4.78 is 10.1. The van der Waals surface area contributed by atoms with Gasteiger partial charge in [0.15, 0.2) is 5.75 Å². The standard InChI is InChI=1S/C15H24N2O4/c1-15(2,7-8-20-3)11-16-10-12-5-6-14(21-4)13(9-12)17(18)19/h5-6,9,16H,7-8,10-11H2,1-4H3. The van der Waals surface area contributed by atoms with Crippen LogP contribution in [0.2, 0.25) is 0 Å². The number of hydrogen-bond acceptors (Lipinski definition) is 5. The fourth-order valence-electron chi connectivity index (χ4n) is 2.00. The lowest BCUT2D eigenvalue weighted by Crippen LogP contribution is -2.30. The number of methoxy groups -OCH3 is 2. The van der Waals surface area contributed by atoms with Crippen molar-refractivity contribution in [2.75, 3.05) is 27.4 Å². The predicted molar refractivity (Wildman–Crippen MR) is 81.6 cm³/mol. The Kier molecular flexibility index (Phi) is 6.58. The molecular formula is C15H24N2O4. The van der Waals surface area contributed by atoms with Gasteiger partial charge < -0.3 is 14.8 Å². The van der Waals surface area contributed by atoms with Gasteiger partial charge in [0, 0.05) is 32.9 Å². The van der Waals surface area contributed by atoms with Crippen LogP contribution < -0.4 is 10.1 Å². The molecule has 1 N–H and O–H groups in total. The van der Waals surface area contributed by atoms with E-state index in [1.807, 2.05) is 6.07 Å². The Morgan fingerprint density at radius 1 is 1.33 bits per heavy atom. The largest absolute Gasteiger partial charge is 0.490 e. The van der Waals surface area contributed by atoms with Crippen molar-refractivity contribution in [1.29, 1.82) is 0 Å². The fraction of sp³-hybridized carbons (Fsp3) is 0.600. The molecule has 0 saturated heterocycles. The number of ether oxygens (including phenoxy) is 2. The first kappa shape index (κ1) is 17.4. The van der Waals surface area contributed by atoms with Gasteiger partial charge in [-0.25, -0.2) is 0 Å². The maximum Gasteiger partial charge on any atom is 0.311 e. The van der Waals surface area contributed by atoms with Crippen molar-refractivity contribution in [3.05, 3.63) is 33.9 Å². The molecule has 0 unspecified atom stereocenters. The van der Waals surface area contributed by atoms with Gasteiger partial charge in [0.05, 0.1) is 12.0 Å². The lowest BCUT2D eigenvalue weighted by Gasteiger charge is -2.24. The van der Waals surface area contributed by atoms with E-state index in [9.17, 15) is 10.1 Å². The van der Waals surface area contributed by atoms with Crippen LogP contribution in [0.1, 0.15) is 25.8 Å². The van der Waals surface area contributed by atoms with Crippen LogP contribution in [-0.2, 0) is 11.3 Å². The Hall–Kier alpha value is -1.66. The molecule has 0 fully saturated rings. The van der Waals surface area contributed by atoms with Gasteiger partial charge in [-0.1, -0.05) is 19.9 Å². The highest BCUT2D eigenvalue weighted by Crippen LogP contribution is 2.27. The molecule has 1 rings (SSSR count). The topological polar surface area (TPSA) is 73.6 Å². The number of nitrogens with zero attached hydrogens (tertiary/aromatic N) is 1. The van der Waals surface area contributed by atoms with Gasteiger partial charge in [0.2, 0.25) is 0 Å². The third-order valence-corrected chi connectivity index (χ3v) is 3.36. The Morgan fingerprint density at radius 3 is 2.62 bits per heavy atom. The molecule has 21 heavy (non-hydrogen) atoms. The van der Waals surface area contributed by atoms with Crippen LogP contribution in [0.5, 0.6) is 5.75 Å². The predicted octanol–water partition coefficient (Wildman–Crippen LogP) is 2.76. The minimum atomic E-state index is -0.426. The Bertz CT molecular complexity index is 475. The Labute approximate surface area is 125 Å². The SMILES string of the molecule is COCCC(C)(C)CNCc1ccc(OC)c([N+](=O)[O-])c1. The molecule has 0 bridgehead atoms. The van der Waals surface area contributed by atoms with Crippen LogP contribution >= 0.6 is 0 Å². The summed E-state index contributed by atoms with van der Waals surface area (Å²) in [5.41, 5.74) is 0.981. The van der Waals surface area contributed by atoms with Crippen LogP contribution in [0.3, 0.4) is 0 Å². The van der Waals surface area contributed by atoms with E-state index in [1.165, 1.54) is 7.11 Å². The average Bonchev–Trinajstić information content (AvgIpc) is 2.44. The van der Waals surface area contributed by atoms with Crippen molar-refractivity contribution in [3.63, 3.8) is 0 Å². The molecule has 0 amide bonds. The fourth-order valence-corrected chi connectivity index (χ4v) is 2.00. The minimum absolute atomic E-state index is 0.00422. The molecule has 1 aromatic carbocycles. The van der Waals surface area contributed by atoms with Gasteiger partial charge in [-0.05, 0) is 23.5 Å². The number of rotatable bonds is 9. The van der Waals surface area contributed by atoms with Crippen molar-refractivity contribution >= 4 is 5.69 Å². The van der Waals surface area contributed by atoms with Crippen molar-refractivity contribution in [2.45, 2.75) is 26.8 Å². The number of benzene rings is 1. The molecule has 0 heterocycles. The first-order valence-electron chi connectivity index (χ1n) is 6.90. The maximum atomic E-state index is 11.0. The van der Waals surface area contributed by atoms with E-state index >= 15 is 0 Å². The molecule has 0 radical (unpaired) electrons. The van der Waals surface area contributed by atoms with E-state index in [0.717, 1.165) is 25.1 Å². The van der Waals surface area contributed by atoms with E-state index in [2.05, 4.69) is 19.2 Å². The summed E-state index contributed by atoms with van der Waals surface area (Å²) in [6.45, 7) is 6.45. The van der Waals surface area contributed by atoms with Crippen LogP contribution in [0.15, 0.2) is 18.2 Å².